The summed E-state index contributed by atoms with van der Waals surface area (Å²) in [6.07, 6.45) is 2.58. The van der Waals surface area contributed by atoms with Gasteiger partial charge >= 0.3 is 0 Å². The van der Waals surface area contributed by atoms with E-state index in [1.54, 1.807) is 24.1 Å². The predicted molar refractivity (Wildman–Crippen MR) is 111 cm³/mol. The van der Waals surface area contributed by atoms with Crippen molar-refractivity contribution < 1.29 is 14.0 Å². The Hall–Kier alpha value is -3.00. The molecular formula is C21H21FN4O2S. The molecule has 0 saturated carbocycles. The van der Waals surface area contributed by atoms with Crippen molar-refractivity contribution in [3.63, 3.8) is 0 Å². The number of nitrogens with two attached hydrogens (primary N) is 1. The van der Waals surface area contributed by atoms with Crippen LogP contribution in [0, 0.1) is 5.82 Å². The van der Waals surface area contributed by atoms with Gasteiger partial charge in [0.15, 0.2) is 0 Å². The molecule has 150 valence electrons. The average Bonchev–Trinajstić information content (AvgIpc) is 3.09. The number of nitrogen functional groups attached to an aromatic ring is 1. The van der Waals surface area contributed by atoms with E-state index >= 15 is 0 Å². The molecule has 1 aromatic carbocycles. The number of carbonyl (C=O) groups excluding carboxylic acids is 2. The van der Waals surface area contributed by atoms with Crippen LogP contribution in [0.4, 0.5) is 10.1 Å². The summed E-state index contributed by atoms with van der Waals surface area (Å²) in [5.74, 6) is -1.10. The molecular weight excluding hydrogens is 391 g/mol. The van der Waals surface area contributed by atoms with Gasteiger partial charge in [0.2, 0.25) is 0 Å². The highest BCUT2D eigenvalue weighted by Gasteiger charge is 2.31. The second-order valence-electron chi connectivity index (χ2n) is 7.00. The van der Waals surface area contributed by atoms with Gasteiger partial charge in [0, 0.05) is 19.0 Å². The Morgan fingerprint density at radius 1 is 1.24 bits per heavy atom. The number of hydrogen-bond acceptors (Lipinski definition) is 5. The SMILES string of the molecule is CNC(=O)c1sc2nc([C@@H]3CCCCN3C(=O)c3ccccc3F)ccc2c1N. The minimum Gasteiger partial charge on any atom is -0.397 e. The highest BCUT2D eigenvalue weighted by molar-refractivity contribution is 7.21. The van der Waals surface area contributed by atoms with Gasteiger partial charge in [0.1, 0.15) is 15.5 Å². The third-order valence-corrected chi connectivity index (χ3v) is 6.37. The number of pyridine rings is 1. The first-order chi connectivity index (χ1) is 14.0. The fourth-order valence-corrected chi connectivity index (χ4v) is 4.80. The van der Waals surface area contributed by atoms with E-state index in [4.69, 9.17) is 10.7 Å². The van der Waals surface area contributed by atoms with E-state index in [9.17, 15) is 14.0 Å². The van der Waals surface area contributed by atoms with Crippen LogP contribution in [0.15, 0.2) is 36.4 Å². The third-order valence-electron chi connectivity index (χ3n) is 5.26. The van der Waals surface area contributed by atoms with E-state index in [0.717, 1.165) is 30.3 Å². The van der Waals surface area contributed by atoms with Crippen LogP contribution in [0.5, 0.6) is 0 Å². The zero-order chi connectivity index (χ0) is 20.5. The molecule has 1 fully saturated rings. The van der Waals surface area contributed by atoms with Crippen molar-refractivity contribution in [1.29, 1.82) is 0 Å². The number of hydrogen-bond donors (Lipinski definition) is 2. The van der Waals surface area contributed by atoms with Crippen molar-refractivity contribution >= 4 is 39.1 Å². The van der Waals surface area contributed by atoms with Crippen molar-refractivity contribution in [2.75, 3.05) is 19.3 Å². The zero-order valence-corrected chi connectivity index (χ0v) is 16.8. The summed E-state index contributed by atoms with van der Waals surface area (Å²) in [5.41, 5.74) is 7.32. The molecule has 0 aliphatic carbocycles. The van der Waals surface area contributed by atoms with Crippen molar-refractivity contribution in [3.8, 4) is 0 Å². The molecule has 0 bridgehead atoms. The van der Waals surface area contributed by atoms with Gasteiger partial charge in [0.25, 0.3) is 11.8 Å². The van der Waals surface area contributed by atoms with Crippen LogP contribution in [-0.4, -0.2) is 35.3 Å². The van der Waals surface area contributed by atoms with Gasteiger partial charge in [-0.25, -0.2) is 9.37 Å². The number of fused-ring (bicyclic) bond motifs is 1. The van der Waals surface area contributed by atoms with Crippen LogP contribution in [-0.2, 0) is 0 Å². The minimum atomic E-state index is -0.522. The Balaban J connectivity index is 1.71. The standard InChI is InChI=1S/C21H21FN4O2S/c1-24-19(27)18-17(23)13-9-10-15(25-20(13)29-18)16-8-4-5-11-26(16)21(28)12-6-2-3-7-14(12)22/h2-3,6-7,9-10,16H,4-5,8,11,23H2,1H3,(H,24,27)/t16-/m0/s1. The van der Waals surface area contributed by atoms with E-state index < -0.39 is 5.82 Å². The van der Waals surface area contributed by atoms with Gasteiger partial charge in [-0.05, 0) is 43.5 Å². The molecule has 29 heavy (non-hydrogen) atoms. The number of anilines is 1. The lowest BCUT2D eigenvalue weighted by molar-refractivity contribution is 0.0601. The van der Waals surface area contributed by atoms with Crippen molar-refractivity contribution in [1.82, 2.24) is 15.2 Å². The number of benzene rings is 1. The third kappa shape index (κ3) is 3.44. The number of likely N-dealkylation sites (tertiary alicyclic amines) is 1. The fraction of sp³-hybridized carbons (Fsp3) is 0.286. The van der Waals surface area contributed by atoms with E-state index in [0.29, 0.717) is 21.9 Å². The second kappa shape index (κ2) is 7.79. The second-order valence-corrected chi connectivity index (χ2v) is 8.00. The monoisotopic (exact) mass is 412 g/mol. The molecule has 1 aliphatic rings. The number of nitrogens with zero attached hydrogens (tertiary/aromatic N) is 2. The van der Waals surface area contributed by atoms with Crippen LogP contribution in [0.2, 0.25) is 0 Å². The molecule has 3 N–H and O–H groups in total. The van der Waals surface area contributed by atoms with E-state index in [-0.39, 0.29) is 23.4 Å². The minimum absolute atomic E-state index is 0.0720. The predicted octanol–water partition coefficient (Wildman–Crippen LogP) is 3.74. The highest BCUT2D eigenvalue weighted by Crippen LogP contribution is 2.36. The molecule has 3 heterocycles. The lowest BCUT2D eigenvalue weighted by Gasteiger charge is -2.35. The normalized spacial score (nSPS) is 16.8. The number of thiophene rings is 1. The molecule has 1 saturated heterocycles. The molecule has 3 aromatic rings. The maximum atomic E-state index is 14.2. The summed E-state index contributed by atoms with van der Waals surface area (Å²) < 4.78 is 14.2. The summed E-state index contributed by atoms with van der Waals surface area (Å²) >= 11 is 1.23. The van der Waals surface area contributed by atoms with E-state index in [1.807, 2.05) is 12.1 Å². The topological polar surface area (TPSA) is 88.3 Å². The molecule has 6 nitrogen and oxygen atoms in total. The number of piperidine rings is 1. The Morgan fingerprint density at radius 3 is 2.79 bits per heavy atom. The maximum Gasteiger partial charge on any atom is 0.263 e. The van der Waals surface area contributed by atoms with Gasteiger partial charge in [0.05, 0.1) is 23.0 Å². The van der Waals surface area contributed by atoms with Crippen molar-refractivity contribution in [2.45, 2.75) is 25.3 Å². The summed E-state index contributed by atoms with van der Waals surface area (Å²) in [4.78, 5) is 32.6. The Labute approximate surface area is 171 Å². The molecule has 1 atom stereocenters. The van der Waals surface area contributed by atoms with Gasteiger partial charge < -0.3 is 16.0 Å². The number of nitrogens with one attached hydrogen (secondary N) is 1. The molecule has 0 radical (unpaired) electrons. The summed E-state index contributed by atoms with van der Waals surface area (Å²) in [7, 11) is 1.55. The number of rotatable bonds is 3. The summed E-state index contributed by atoms with van der Waals surface area (Å²) in [6.45, 7) is 0.549. The maximum absolute atomic E-state index is 14.2. The van der Waals surface area contributed by atoms with E-state index in [2.05, 4.69) is 5.32 Å². The number of carbonyl (C=O) groups is 2. The van der Waals surface area contributed by atoms with Gasteiger partial charge in [-0.3, -0.25) is 9.59 Å². The lowest BCUT2D eigenvalue weighted by Crippen LogP contribution is -2.39. The van der Waals surface area contributed by atoms with Crippen LogP contribution in [0.3, 0.4) is 0 Å². The molecule has 0 unspecified atom stereocenters. The Kier molecular flexibility index (Phi) is 5.19. The zero-order valence-electron chi connectivity index (χ0n) is 15.9. The molecule has 2 aromatic heterocycles. The smallest absolute Gasteiger partial charge is 0.263 e. The van der Waals surface area contributed by atoms with Gasteiger partial charge in [-0.1, -0.05) is 12.1 Å². The van der Waals surface area contributed by atoms with Gasteiger partial charge in [-0.15, -0.1) is 11.3 Å². The highest BCUT2D eigenvalue weighted by atomic mass is 32.1. The number of amides is 2. The first-order valence-corrected chi connectivity index (χ1v) is 10.3. The summed E-state index contributed by atoms with van der Waals surface area (Å²) in [6, 6.07) is 9.48. The van der Waals surface area contributed by atoms with Crippen molar-refractivity contribution in [3.05, 3.63) is 58.3 Å². The van der Waals surface area contributed by atoms with Crippen molar-refractivity contribution in [2.24, 2.45) is 0 Å². The first kappa shape index (κ1) is 19.3. The summed E-state index contributed by atoms with van der Waals surface area (Å²) in [5, 5.41) is 3.30. The van der Waals surface area contributed by atoms with E-state index in [1.165, 1.54) is 23.5 Å². The lowest BCUT2D eigenvalue weighted by atomic mass is 9.97. The van der Waals surface area contributed by atoms with Gasteiger partial charge in [-0.2, -0.15) is 0 Å². The molecule has 8 heteroatoms. The van der Waals surface area contributed by atoms with Crippen LogP contribution in [0.1, 0.15) is 51.0 Å². The number of halogens is 1. The first-order valence-electron chi connectivity index (χ1n) is 9.47. The average molecular weight is 412 g/mol. The van der Waals surface area contributed by atoms with Crippen LogP contribution < -0.4 is 11.1 Å². The van der Waals surface area contributed by atoms with Crippen LogP contribution >= 0.6 is 11.3 Å². The Morgan fingerprint density at radius 2 is 2.03 bits per heavy atom. The number of aromatic nitrogens is 1. The molecule has 1 aliphatic heterocycles. The molecule has 2 amide bonds. The fourth-order valence-electron chi connectivity index (χ4n) is 3.75. The largest absolute Gasteiger partial charge is 0.397 e. The van der Waals surface area contributed by atoms with Crippen LogP contribution in [0.25, 0.3) is 10.2 Å². The Bertz CT molecular complexity index is 1100. The molecule has 0 spiro atoms. The molecule has 4 rings (SSSR count). The quantitative estimate of drug-likeness (QED) is 0.686.